The summed E-state index contributed by atoms with van der Waals surface area (Å²) in [7, 11) is 0. The second-order valence-corrected chi connectivity index (χ2v) is 8.00. The lowest BCUT2D eigenvalue weighted by atomic mass is 9.76. The quantitative estimate of drug-likeness (QED) is 0.838. The van der Waals surface area contributed by atoms with Crippen molar-refractivity contribution in [3.05, 3.63) is 47.1 Å². The second-order valence-electron chi connectivity index (χ2n) is 8.00. The van der Waals surface area contributed by atoms with Crippen LogP contribution < -0.4 is 5.32 Å². The predicted octanol–water partition coefficient (Wildman–Crippen LogP) is 2.65. The monoisotopic (exact) mass is 354 g/mol. The number of hydrogen-bond donors (Lipinski definition) is 1. The van der Waals surface area contributed by atoms with Crippen LogP contribution in [0.4, 0.5) is 4.79 Å². The Labute approximate surface area is 151 Å². The highest BCUT2D eigenvalue weighted by Crippen LogP contribution is 2.40. The molecular formula is C19H22N4O3. The van der Waals surface area contributed by atoms with Gasteiger partial charge in [-0.1, -0.05) is 50.2 Å². The van der Waals surface area contributed by atoms with Gasteiger partial charge in [0.1, 0.15) is 12.1 Å². The van der Waals surface area contributed by atoms with Crippen LogP contribution in [0.3, 0.4) is 0 Å². The van der Waals surface area contributed by atoms with Crippen LogP contribution in [0.2, 0.25) is 0 Å². The molecule has 0 saturated carbocycles. The van der Waals surface area contributed by atoms with E-state index in [4.69, 9.17) is 4.52 Å². The summed E-state index contributed by atoms with van der Waals surface area (Å²) < 4.78 is 5.26. The Morgan fingerprint density at radius 1 is 1.27 bits per heavy atom. The molecular weight excluding hydrogens is 332 g/mol. The number of fused-ring (bicyclic) bond motifs is 2. The van der Waals surface area contributed by atoms with E-state index >= 15 is 0 Å². The van der Waals surface area contributed by atoms with Crippen molar-refractivity contribution in [3.63, 3.8) is 0 Å². The zero-order valence-corrected chi connectivity index (χ0v) is 15.2. The lowest BCUT2D eigenvalue weighted by molar-refractivity contribution is -0.132. The fraction of sp³-hybridized carbons (Fsp3) is 0.474. The van der Waals surface area contributed by atoms with Crippen molar-refractivity contribution >= 4 is 11.9 Å². The maximum absolute atomic E-state index is 13.2. The Bertz CT molecular complexity index is 883. The SMILES string of the molecule is CC(C)(C)c1noc(CN2C(=O)NC3(CCCc4ccccc43)C2=O)n1. The van der Waals surface area contributed by atoms with Gasteiger partial charge in [-0.3, -0.25) is 9.69 Å². The summed E-state index contributed by atoms with van der Waals surface area (Å²) in [4.78, 5) is 31.3. The highest BCUT2D eigenvalue weighted by atomic mass is 16.5. The number of nitrogens with one attached hydrogen (secondary N) is 1. The summed E-state index contributed by atoms with van der Waals surface area (Å²) in [6.07, 6.45) is 2.37. The van der Waals surface area contributed by atoms with Crippen LogP contribution in [0.15, 0.2) is 28.8 Å². The summed E-state index contributed by atoms with van der Waals surface area (Å²) in [5, 5.41) is 6.89. The predicted molar refractivity (Wildman–Crippen MR) is 93.1 cm³/mol. The first-order valence-electron chi connectivity index (χ1n) is 8.87. The smallest absolute Gasteiger partial charge is 0.325 e. The van der Waals surface area contributed by atoms with Gasteiger partial charge in [-0.15, -0.1) is 0 Å². The third kappa shape index (κ3) is 2.50. The van der Waals surface area contributed by atoms with Gasteiger partial charge in [-0.25, -0.2) is 4.79 Å². The first-order chi connectivity index (χ1) is 12.3. The molecule has 1 unspecified atom stereocenters. The molecule has 0 radical (unpaired) electrons. The number of imide groups is 1. The molecule has 7 heteroatoms. The summed E-state index contributed by atoms with van der Waals surface area (Å²) in [6, 6.07) is 7.40. The van der Waals surface area contributed by atoms with Crippen LogP contribution in [0.25, 0.3) is 0 Å². The fourth-order valence-corrected chi connectivity index (χ4v) is 3.71. The molecule has 0 bridgehead atoms. The lowest BCUT2D eigenvalue weighted by Gasteiger charge is -2.33. The third-order valence-corrected chi connectivity index (χ3v) is 5.08. The summed E-state index contributed by atoms with van der Waals surface area (Å²) in [6.45, 7) is 5.91. The Hall–Kier alpha value is -2.70. The molecule has 1 spiro atoms. The van der Waals surface area contributed by atoms with Gasteiger partial charge in [0.15, 0.2) is 5.82 Å². The maximum atomic E-state index is 13.2. The molecule has 1 N–H and O–H groups in total. The largest absolute Gasteiger partial charge is 0.337 e. The number of aryl methyl sites for hydroxylation is 1. The molecule has 2 aliphatic rings. The van der Waals surface area contributed by atoms with Gasteiger partial charge in [-0.05, 0) is 30.4 Å². The molecule has 1 aliphatic carbocycles. The van der Waals surface area contributed by atoms with Crippen molar-refractivity contribution in [2.75, 3.05) is 0 Å². The number of urea groups is 1. The normalized spacial score (nSPS) is 22.7. The van der Waals surface area contributed by atoms with E-state index in [1.54, 1.807) is 0 Å². The molecule has 136 valence electrons. The number of hydrogen-bond acceptors (Lipinski definition) is 5. The highest BCUT2D eigenvalue weighted by molar-refractivity contribution is 6.07. The van der Waals surface area contributed by atoms with Gasteiger partial charge in [0.2, 0.25) is 5.89 Å². The Morgan fingerprint density at radius 3 is 2.77 bits per heavy atom. The van der Waals surface area contributed by atoms with Crippen molar-refractivity contribution in [2.45, 2.75) is 57.5 Å². The van der Waals surface area contributed by atoms with Gasteiger partial charge >= 0.3 is 6.03 Å². The van der Waals surface area contributed by atoms with Crippen LogP contribution in [0.5, 0.6) is 0 Å². The molecule has 7 nitrogen and oxygen atoms in total. The molecule has 1 aromatic carbocycles. The van der Waals surface area contributed by atoms with Crippen molar-refractivity contribution < 1.29 is 14.1 Å². The molecule has 1 aliphatic heterocycles. The lowest BCUT2D eigenvalue weighted by Crippen LogP contribution is -2.46. The van der Waals surface area contributed by atoms with E-state index in [1.165, 1.54) is 4.90 Å². The molecule has 1 aromatic heterocycles. The van der Waals surface area contributed by atoms with Crippen LogP contribution >= 0.6 is 0 Å². The molecule has 1 saturated heterocycles. The minimum absolute atomic E-state index is 0.0162. The average molecular weight is 354 g/mol. The topological polar surface area (TPSA) is 88.3 Å². The number of nitrogens with zero attached hydrogens (tertiary/aromatic N) is 3. The Morgan fingerprint density at radius 2 is 2.04 bits per heavy atom. The third-order valence-electron chi connectivity index (χ3n) is 5.08. The standard InChI is InChI=1S/C19H22N4O3/c1-18(2,3)15-20-14(26-22-15)11-23-16(24)19(21-17(23)25)10-6-8-12-7-4-5-9-13(12)19/h4-5,7,9H,6,8,10-11H2,1-3H3,(H,21,25). The first-order valence-corrected chi connectivity index (χ1v) is 8.87. The molecule has 26 heavy (non-hydrogen) atoms. The van der Waals surface area contributed by atoms with E-state index in [0.717, 1.165) is 24.0 Å². The first kappa shape index (κ1) is 16.8. The minimum atomic E-state index is -0.973. The zero-order valence-electron chi connectivity index (χ0n) is 15.2. The fourth-order valence-electron chi connectivity index (χ4n) is 3.71. The number of carbonyl (C=O) groups is 2. The molecule has 4 rings (SSSR count). The van der Waals surface area contributed by atoms with E-state index in [1.807, 2.05) is 45.0 Å². The molecule has 1 fully saturated rings. The number of carbonyl (C=O) groups excluding carboxylic acids is 2. The van der Waals surface area contributed by atoms with Crippen LogP contribution in [-0.4, -0.2) is 27.0 Å². The Balaban J connectivity index is 1.64. The van der Waals surface area contributed by atoms with Gasteiger partial charge in [0.05, 0.1) is 0 Å². The maximum Gasteiger partial charge on any atom is 0.325 e. The van der Waals surface area contributed by atoms with Crippen LogP contribution in [0.1, 0.15) is 56.5 Å². The van der Waals surface area contributed by atoms with Crippen molar-refractivity contribution in [1.29, 1.82) is 0 Å². The summed E-state index contributed by atoms with van der Waals surface area (Å²) in [5.74, 6) is 0.571. The molecule has 3 amide bonds. The van der Waals surface area contributed by atoms with Crippen molar-refractivity contribution in [2.24, 2.45) is 0 Å². The number of benzene rings is 1. The minimum Gasteiger partial charge on any atom is -0.337 e. The Kier molecular flexibility index (Phi) is 3.64. The van der Waals surface area contributed by atoms with E-state index < -0.39 is 11.6 Å². The highest BCUT2D eigenvalue weighted by Gasteiger charge is 2.54. The van der Waals surface area contributed by atoms with Gasteiger partial charge in [0.25, 0.3) is 5.91 Å². The van der Waals surface area contributed by atoms with Crippen molar-refractivity contribution in [3.8, 4) is 0 Å². The van der Waals surface area contributed by atoms with Crippen molar-refractivity contribution in [1.82, 2.24) is 20.4 Å². The number of rotatable bonds is 2. The molecule has 1 atom stereocenters. The van der Waals surface area contributed by atoms with Gasteiger partial charge in [-0.2, -0.15) is 4.98 Å². The molecule has 2 heterocycles. The molecule has 2 aromatic rings. The van der Waals surface area contributed by atoms with Gasteiger partial charge < -0.3 is 9.84 Å². The second kappa shape index (κ2) is 5.65. The average Bonchev–Trinajstić information content (AvgIpc) is 3.16. The summed E-state index contributed by atoms with van der Waals surface area (Å²) in [5.41, 5.74) is 0.775. The number of amides is 3. The van der Waals surface area contributed by atoms with E-state index in [9.17, 15) is 9.59 Å². The van der Waals surface area contributed by atoms with Gasteiger partial charge in [0, 0.05) is 5.41 Å². The van der Waals surface area contributed by atoms with Crippen LogP contribution in [0, 0.1) is 0 Å². The van der Waals surface area contributed by atoms with Crippen LogP contribution in [-0.2, 0) is 28.7 Å². The van der Waals surface area contributed by atoms with E-state index in [2.05, 4.69) is 15.5 Å². The van der Waals surface area contributed by atoms with E-state index in [-0.39, 0.29) is 23.8 Å². The zero-order chi connectivity index (χ0) is 18.5. The number of aromatic nitrogens is 2. The summed E-state index contributed by atoms with van der Waals surface area (Å²) >= 11 is 0. The van der Waals surface area contributed by atoms with E-state index in [0.29, 0.717) is 12.2 Å².